The van der Waals surface area contributed by atoms with E-state index >= 15 is 0 Å². The molecule has 0 heterocycles. The molecule has 0 saturated carbocycles. The van der Waals surface area contributed by atoms with Crippen LogP contribution in [0.3, 0.4) is 0 Å². The second-order valence-electron chi connectivity index (χ2n) is 3.51. The molecule has 0 atom stereocenters. The second kappa shape index (κ2) is 18.5. The molecule has 0 saturated heterocycles. The second-order valence-corrected chi connectivity index (χ2v) is 5.96. The van der Waals surface area contributed by atoms with Crippen molar-refractivity contribution in [2.75, 3.05) is 75.9 Å². The summed E-state index contributed by atoms with van der Waals surface area (Å²) in [5.74, 6) is 3.37. The Morgan fingerprint density at radius 1 is 0.526 bits per heavy atom. The van der Waals surface area contributed by atoms with Crippen LogP contribution in [0, 0.1) is 0 Å². The van der Waals surface area contributed by atoms with Crippen LogP contribution in [-0.2, 0) is 14.2 Å². The Morgan fingerprint density at radius 2 is 0.895 bits per heavy atom. The summed E-state index contributed by atoms with van der Waals surface area (Å²) in [4.78, 5) is 0. The SMILES string of the molecule is OCCSCCOCCOCCOCCSCCO. The number of ether oxygens (including phenoxy) is 3. The minimum absolute atomic E-state index is 0.228. The average molecular weight is 314 g/mol. The van der Waals surface area contributed by atoms with Crippen LogP contribution in [-0.4, -0.2) is 86.1 Å². The minimum Gasteiger partial charge on any atom is -0.396 e. The molecule has 0 unspecified atom stereocenters. The highest BCUT2D eigenvalue weighted by Crippen LogP contribution is 1.98. The fourth-order valence-corrected chi connectivity index (χ4v) is 2.25. The van der Waals surface area contributed by atoms with E-state index in [4.69, 9.17) is 24.4 Å². The molecule has 0 aliphatic rings. The van der Waals surface area contributed by atoms with E-state index in [-0.39, 0.29) is 13.2 Å². The number of aliphatic hydroxyl groups is 2. The summed E-state index contributed by atoms with van der Waals surface area (Å²) in [5, 5.41) is 17.1. The summed E-state index contributed by atoms with van der Waals surface area (Å²) in [6.45, 7) is 4.25. The van der Waals surface area contributed by atoms with Crippen molar-refractivity contribution in [2.45, 2.75) is 0 Å². The smallest absolute Gasteiger partial charge is 0.0701 e. The molecule has 19 heavy (non-hydrogen) atoms. The maximum atomic E-state index is 8.56. The lowest BCUT2D eigenvalue weighted by Gasteiger charge is -2.06. The first-order valence-corrected chi connectivity index (χ1v) is 8.83. The Balaban J connectivity index is 2.88. The Bertz CT molecular complexity index is 147. The van der Waals surface area contributed by atoms with Crippen molar-refractivity contribution >= 4 is 23.5 Å². The van der Waals surface area contributed by atoms with Crippen molar-refractivity contribution in [3.05, 3.63) is 0 Å². The minimum atomic E-state index is 0.228. The van der Waals surface area contributed by atoms with Gasteiger partial charge in [0, 0.05) is 23.0 Å². The van der Waals surface area contributed by atoms with E-state index in [0.717, 1.165) is 23.0 Å². The highest BCUT2D eigenvalue weighted by Gasteiger charge is 1.93. The van der Waals surface area contributed by atoms with Gasteiger partial charge in [-0.3, -0.25) is 0 Å². The molecule has 116 valence electrons. The molecule has 0 radical (unpaired) electrons. The molecule has 0 spiro atoms. The lowest BCUT2D eigenvalue weighted by atomic mass is 10.7. The van der Waals surface area contributed by atoms with Crippen molar-refractivity contribution in [3.8, 4) is 0 Å². The number of hydrogen-bond donors (Lipinski definition) is 2. The van der Waals surface area contributed by atoms with Gasteiger partial charge in [-0.05, 0) is 0 Å². The third-order valence-electron chi connectivity index (χ3n) is 1.96. The van der Waals surface area contributed by atoms with Crippen LogP contribution in [0.2, 0.25) is 0 Å². The Kier molecular flexibility index (Phi) is 19.0. The molecule has 0 aliphatic heterocycles. The molecular weight excluding hydrogens is 288 g/mol. The van der Waals surface area contributed by atoms with Gasteiger partial charge < -0.3 is 24.4 Å². The normalized spacial score (nSPS) is 11.1. The molecule has 5 nitrogen and oxygen atoms in total. The van der Waals surface area contributed by atoms with Crippen molar-refractivity contribution in [1.29, 1.82) is 0 Å². The van der Waals surface area contributed by atoms with Gasteiger partial charge in [-0.15, -0.1) is 0 Å². The van der Waals surface area contributed by atoms with Crippen molar-refractivity contribution < 1.29 is 24.4 Å². The first-order chi connectivity index (χ1) is 9.41. The summed E-state index contributed by atoms with van der Waals surface area (Å²) < 4.78 is 16.1. The summed E-state index contributed by atoms with van der Waals surface area (Å²) in [6, 6.07) is 0. The van der Waals surface area contributed by atoms with Crippen molar-refractivity contribution in [3.63, 3.8) is 0 Å². The number of thioether (sulfide) groups is 2. The zero-order chi connectivity index (χ0) is 14.0. The standard InChI is InChI=1S/C12H26O5S2/c13-1-9-18-11-7-16-5-3-15-4-6-17-8-12-19-10-2-14/h13-14H,1-12H2. The fraction of sp³-hybridized carbons (Fsp3) is 1.00. The van der Waals surface area contributed by atoms with E-state index in [1.54, 1.807) is 23.5 Å². The van der Waals surface area contributed by atoms with E-state index in [0.29, 0.717) is 39.6 Å². The molecule has 2 N–H and O–H groups in total. The van der Waals surface area contributed by atoms with E-state index in [1.165, 1.54) is 0 Å². The first kappa shape index (κ1) is 19.5. The van der Waals surface area contributed by atoms with Gasteiger partial charge in [0.1, 0.15) is 0 Å². The number of hydrogen-bond acceptors (Lipinski definition) is 7. The van der Waals surface area contributed by atoms with Crippen LogP contribution in [0.15, 0.2) is 0 Å². The Labute approximate surface area is 124 Å². The van der Waals surface area contributed by atoms with Gasteiger partial charge in [-0.1, -0.05) is 0 Å². The molecular formula is C12H26O5S2. The predicted octanol–water partition coefficient (Wildman–Crippen LogP) is 0.487. The summed E-state index contributed by atoms with van der Waals surface area (Å²) in [5.41, 5.74) is 0. The fourth-order valence-electron chi connectivity index (χ4n) is 1.11. The van der Waals surface area contributed by atoms with Gasteiger partial charge in [-0.2, -0.15) is 23.5 Å². The molecule has 0 aliphatic carbocycles. The average Bonchev–Trinajstić information content (AvgIpc) is 2.43. The molecule has 0 aromatic heterocycles. The first-order valence-electron chi connectivity index (χ1n) is 6.52. The van der Waals surface area contributed by atoms with Crippen LogP contribution >= 0.6 is 23.5 Å². The summed E-state index contributed by atoms with van der Waals surface area (Å²) in [7, 11) is 0. The largest absolute Gasteiger partial charge is 0.396 e. The van der Waals surface area contributed by atoms with Crippen molar-refractivity contribution in [1.82, 2.24) is 0 Å². The zero-order valence-corrected chi connectivity index (χ0v) is 13.1. The van der Waals surface area contributed by atoms with Crippen LogP contribution < -0.4 is 0 Å². The van der Waals surface area contributed by atoms with Crippen LogP contribution in [0.25, 0.3) is 0 Å². The van der Waals surface area contributed by atoms with E-state index in [2.05, 4.69) is 0 Å². The van der Waals surface area contributed by atoms with Crippen molar-refractivity contribution in [2.24, 2.45) is 0 Å². The zero-order valence-electron chi connectivity index (χ0n) is 11.4. The highest BCUT2D eigenvalue weighted by molar-refractivity contribution is 7.99. The molecule has 0 fully saturated rings. The van der Waals surface area contributed by atoms with Gasteiger partial charge in [0.15, 0.2) is 0 Å². The van der Waals surface area contributed by atoms with Gasteiger partial charge in [-0.25, -0.2) is 0 Å². The maximum absolute atomic E-state index is 8.56. The molecule has 7 heteroatoms. The van der Waals surface area contributed by atoms with Crippen LogP contribution in [0.5, 0.6) is 0 Å². The quantitative estimate of drug-likeness (QED) is 0.402. The molecule has 0 rings (SSSR count). The van der Waals surface area contributed by atoms with Gasteiger partial charge >= 0.3 is 0 Å². The third-order valence-corrected chi connectivity index (χ3v) is 3.81. The lowest BCUT2D eigenvalue weighted by Crippen LogP contribution is -2.11. The van der Waals surface area contributed by atoms with Gasteiger partial charge in [0.25, 0.3) is 0 Å². The van der Waals surface area contributed by atoms with E-state index < -0.39 is 0 Å². The molecule has 0 amide bonds. The summed E-state index contributed by atoms with van der Waals surface area (Å²) in [6.07, 6.45) is 0. The maximum Gasteiger partial charge on any atom is 0.0701 e. The Morgan fingerprint density at radius 3 is 1.26 bits per heavy atom. The Hall–Kier alpha value is 0.500. The van der Waals surface area contributed by atoms with Gasteiger partial charge in [0.2, 0.25) is 0 Å². The predicted molar refractivity (Wildman–Crippen MR) is 81.3 cm³/mol. The number of aliphatic hydroxyl groups excluding tert-OH is 2. The third kappa shape index (κ3) is 18.5. The summed E-state index contributed by atoms with van der Waals surface area (Å²) >= 11 is 3.37. The lowest BCUT2D eigenvalue weighted by molar-refractivity contribution is 0.0205. The van der Waals surface area contributed by atoms with Crippen LogP contribution in [0.1, 0.15) is 0 Å². The van der Waals surface area contributed by atoms with Gasteiger partial charge in [0.05, 0.1) is 52.9 Å². The van der Waals surface area contributed by atoms with Crippen LogP contribution in [0.4, 0.5) is 0 Å². The van der Waals surface area contributed by atoms with E-state index in [1.807, 2.05) is 0 Å². The van der Waals surface area contributed by atoms with E-state index in [9.17, 15) is 0 Å². The number of rotatable bonds is 16. The highest BCUT2D eigenvalue weighted by atomic mass is 32.2. The molecule has 0 bridgehead atoms. The monoisotopic (exact) mass is 314 g/mol. The molecule has 0 aromatic carbocycles. The molecule has 0 aromatic rings. The topological polar surface area (TPSA) is 68.2 Å².